The summed E-state index contributed by atoms with van der Waals surface area (Å²) in [4.78, 5) is 40.1. The fourth-order valence-corrected chi connectivity index (χ4v) is 3.22. The van der Waals surface area contributed by atoms with E-state index in [1.165, 1.54) is 24.3 Å². The summed E-state index contributed by atoms with van der Waals surface area (Å²) in [5.41, 5.74) is 1.44. The molecule has 30 heavy (non-hydrogen) atoms. The van der Waals surface area contributed by atoms with Gasteiger partial charge in [0, 0.05) is 31.9 Å². The van der Waals surface area contributed by atoms with Gasteiger partial charge in [0.2, 0.25) is 17.7 Å². The summed E-state index contributed by atoms with van der Waals surface area (Å²) in [5, 5.41) is 5.40. The van der Waals surface area contributed by atoms with E-state index in [9.17, 15) is 18.8 Å². The van der Waals surface area contributed by atoms with Gasteiger partial charge in [-0.3, -0.25) is 19.3 Å². The topological polar surface area (TPSA) is 81.8 Å². The number of carbonyl (C=O) groups is 3. The summed E-state index contributed by atoms with van der Waals surface area (Å²) in [7, 11) is 0. The molecule has 0 aromatic heterocycles. The molecule has 2 aromatic carbocycles. The first-order valence-corrected chi connectivity index (χ1v) is 9.86. The molecular formula is C22H25FN4O3. The summed E-state index contributed by atoms with van der Waals surface area (Å²) in [6.45, 7) is 2.31. The first-order chi connectivity index (χ1) is 14.5. The molecule has 3 rings (SSSR count). The Morgan fingerprint density at radius 1 is 0.867 bits per heavy atom. The summed E-state index contributed by atoms with van der Waals surface area (Å²) < 4.78 is 12.9. The van der Waals surface area contributed by atoms with E-state index in [4.69, 9.17) is 0 Å². The highest BCUT2D eigenvalue weighted by molar-refractivity contribution is 5.92. The lowest BCUT2D eigenvalue weighted by molar-refractivity contribution is -0.134. The van der Waals surface area contributed by atoms with Crippen LogP contribution in [0.15, 0.2) is 54.6 Å². The van der Waals surface area contributed by atoms with Crippen LogP contribution in [-0.4, -0.2) is 66.8 Å². The Labute approximate surface area is 174 Å². The first-order valence-electron chi connectivity index (χ1n) is 9.86. The fraction of sp³-hybridized carbons (Fsp3) is 0.318. The molecule has 0 atom stereocenters. The number of hydrogen-bond donors (Lipinski definition) is 2. The number of carbonyl (C=O) groups excluding carboxylic acids is 3. The van der Waals surface area contributed by atoms with E-state index in [-0.39, 0.29) is 43.0 Å². The number of amides is 3. The van der Waals surface area contributed by atoms with Crippen molar-refractivity contribution in [1.82, 2.24) is 15.1 Å². The van der Waals surface area contributed by atoms with Crippen LogP contribution >= 0.6 is 0 Å². The van der Waals surface area contributed by atoms with Crippen molar-refractivity contribution in [3.05, 3.63) is 66.0 Å². The predicted molar refractivity (Wildman–Crippen MR) is 111 cm³/mol. The van der Waals surface area contributed by atoms with Crippen molar-refractivity contribution >= 4 is 23.4 Å². The van der Waals surface area contributed by atoms with Gasteiger partial charge >= 0.3 is 0 Å². The Balaban J connectivity index is 1.35. The molecule has 1 heterocycles. The molecule has 0 radical (unpaired) electrons. The standard InChI is InChI=1S/C22H25FN4O3/c23-18-6-8-19(9-7-18)25-21(29)16-26-10-12-27(13-11-26)22(30)15-24-20(28)14-17-4-2-1-3-5-17/h1-9H,10-16H2,(H,24,28)(H,25,29). The van der Waals surface area contributed by atoms with Crippen molar-refractivity contribution in [2.75, 3.05) is 44.6 Å². The van der Waals surface area contributed by atoms with Crippen LogP contribution < -0.4 is 10.6 Å². The highest BCUT2D eigenvalue weighted by Crippen LogP contribution is 2.09. The quantitative estimate of drug-likeness (QED) is 0.718. The Morgan fingerprint density at radius 2 is 1.53 bits per heavy atom. The number of nitrogens with one attached hydrogen (secondary N) is 2. The minimum Gasteiger partial charge on any atom is -0.347 e. The number of halogens is 1. The molecule has 7 nitrogen and oxygen atoms in total. The first kappa shape index (κ1) is 21.4. The lowest BCUT2D eigenvalue weighted by atomic mass is 10.1. The highest BCUT2D eigenvalue weighted by Gasteiger charge is 2.22. The molecule has 158 valence electrons. The normalized spacial score (nSPS) is 14.2. The molecular weight excluding hydrogens is 387 g/mol. The van der Waals surface area contributed by atoms with Crippen LogP contribution in [0.25, 0.3) is 0 Å². The molecule has 1 saturated heterocycles. The van der Waals surface area contributed by atoms with Crippen LogP contribution in [0.4, 0.5) is 10.1 Å². The van der Waals surface area contributed by atoms with E-state index in [0.29, 0.717) is 31.9 Å². The van der Waals surface area contributed by atoms with Crippen LogP contribution in [0.2, 0.25) is 0 Å². The smallest absolute Gasteiger partial charge is 0.242 e. The molecule has 8 heteroatoms. The zero-order valence-electron chi connectivity index (χ0n) is 16.6. The largest absolute Gasteiger partial charge is 0.347 e. The third kappa shape index (κ3) is 6.66. The second-order valence-corrected chi connectivity index (χ2v) is 7.15. The van der Waals surface area contributed by atoms with Crippen molar-refractivity contribution in [3.8, 4) is 0 Å². The molecule has 1 fully saturated rings. The van der Waals surface area contributed by atoms with E-state index >= 15 is 0 Å². The maximum absolute atomic E-state index is 12.9. The lowest BCUT2D eigenvalue weighted by Crippen LogP contribution is -2.52. The van der Waals surface area contributed by atoms with Gasteiger partial charge in [0.25, 0.3) is 0 Å². The number of rotatable bonds is 7. The molecule has 0 spiro atoms. The van der Waals surface area contributed by atoms with Crippen LogP contribution in [-0.2, 0) is 20.8 Å². The number of hydrogen-bond acceptors (Lipinski definition) is 4. The Kier molecular flexibility index (Phi) is 7.51. The summed E-state index contributed by atoms with van der Waals surface area (Å²) >= 11 is 0. The maximum Gasteiger partial charge on any atom is 0.242 e. The van der Waals surface area contributed by atoms with E-state index in [1.54, 1.807) is 4.90 Å². The SMILES string of the molecule is O=C(Cc1ccccc1)NCC(=O)N1CCN(CC(=O)Nc2ccc(F)cc2)CC1. The lowest BCUT2D eigenvalue weighted by Gasteiger charge is -2.34. The van der Waals surface area contributed by atoms with Crippen molar-refractivity contribution in [2.24, 2.45) is 0 Å². The van der Waals surface area contributed by atoms with E-state index in [2.05, 4.69) is 10.6 Å². The molecule has 1 aliphatic rings. The maximum atomic E-state index is 12.9. The summed E-state index contributed by atoms with van der Waals surface area (Å²) in [6, 6.07) is 15.0. The third-order valence-electron chi connectivity index (χ3n) is 4.86. The Bertz CT molecular complexity index is 866. The average Bonchev–Trinajstić information content (AvgIpc) is 2.75. The van der Waals surface area contributed by atoms with Gasteiger partial charge in [-0.1, -0.05) is 30.3 Å². The van der Waals surface area contributed by atoms with Crippen LogP contribution in [0.1, 0.15) is 5.56 Å². The van der Waals surface area contributed by atoms with Gasteiger partial charge in [-0.15, -0.1) is 0 Å². The molecule has 3 amide bonds. The van der Waals surface area contributed by atoms with Gasteiger partial charge in [0.15, 0.2) is 0 Å². The van der Waals surface area contributed by atoms with Crippen LogP contribution in [0, 0.1) is 5.82 Å². The van der Waals surface area contributed by atoms with E-state index in [1.807, 2.05) is 35.2 Å². The molecule has 0 saturated carbocycles. The second kappa shape index (κ2) is 10.5. The van der Waals surface area contributed by atoms with Crippen molar-refractivity contribution < 1.29 is 18.8 Å². The molecule has 2 aromatic rings. The van der Waals surface area contributed by atoms with Crippen LogP contribution in [0.3, 0.4) is 0 Å². The fourth-order valence-electron chi connectivity index (χ4n) is 3.22. The molecule has 2 N–H and O–H groups in total. The summed E-state index contributed by atoms with van der Waals surface area (Å²) in [6.07, 6.45) is 0.241. The average molecular weight is 412 g/mol. The van der Waals surface area contributed by atoms with Crippen LogP contribution in [0.5, 0.6) is 0 Å². The van der Waals surface area contributed by atoms with Gasteiger partial charge in [-0.25, -0.2) is 4.39 Å². The minimum absolute atomic E-state index is 0.0310. The zero-order valence-corrected chi connectivity index (χ0v) is 16.6. The Morgan fingerprint density at radius 3 is 2.20 bits per heavy atom. The number of nitrogens with zero attached hydrogens (tertiary/aromatic N) is 2. The highest BCUT2D eigenvalue weighted by atomic mass is 19.1. The number of piperazine rings is 1. The minimum atomic E-state index is -0.356. The predicted octanol–water partition coefficient (Wildman–Crippen LogP) is 1.27. The van der Waals surface area contributed by atoms with E-state index in [0.717, 1.165) is 5.56 Å². The van der Waals surface area contributed by atoms with Gasteiger partial charge in [-0.2, -0.15) is 0 Å². The molecule has 1 aliphatic heterocycles. The van der Waals surface area contributed by atoms with Gasteiger partial charge < -0.3 is 15.5 Å². The molecule has 0 unspecified atom stereocenters. The Hall–Kier alpha value is -3.26. The zero-order chi connectivity index (χ0) is 21.3. The number of benzene rings is 2. The summed E-state index contributed by atoms with van der Waals surface area (Å²) in [5.74, 6) is -0.864. The molecule has 0 aliphatic carbocycles. The monoisotopic (exact) mass is 412 g/mol. The number of anilines is 1. The van der Waals surface area contributed by atoms with Crippen molar-refractivity contribution in [1.29, 1.82) is 0 Å². The van der Waals surface area contributed by atoms with Gasteiger partial charge in [0.05, 0.1) is 19.5 Å². The van der Waals surface area contributed by atoms with Gasteiger partial charge in [0.1, 0.15) is 5.82 Å². The third-order valence-corrected chi connectivity index (χ3v) is 4.86. The van der Waals surface area contributed by atoms with Gasteiger partial charge in [-0.05, 0) is 29.8 Å². The second-order valence-electron chi connectivity index (χ2n) is 7.15. The van der Waals surface area contributed by atoms with Crippen molar-refractivity contribution in [3.63, 3.8) is 0 Å². The van der Waals surface area contributed by atoms with E-state index < -0.39 is 0 Å². The van der Waals surface area contributed by atoms with Crippen molar-refractivity contribution in [2.45, 2.75) is 6.42 Å². The molecule has 0 bridgehead atoms.